The molecule has 0 unspecified atom stereocenters. The lowest BCUT2D eigenvalue weighted by atomic mass is 10.2. The van der Waals surface area contributed by atoms with Crippen LogP contribution in [0.2, 0.25) is 0 Å². The van der Waals surface area contributed by atoms with Crippen molar-refractivity contribution in [1.29, 1.82) is 0 Å². The molecule has 0 N–H and O–H groups in total. The van der Waals surface area contributed by atoms with E-state index >= 15 is 0 Å². The topological polar surface area (TPSA) is 36.3 Å². The second-order valence-electron chi connectivity index (χ2n) is 7.02. The van der Waals surface area contributed by atoms with Gasteiger partial charge in [-0.25, -0.2) is 4.68 Å². The Morgan fingerprint density at radius 3 is 2.26 bits per heavy atom. The number of alkyl halides is 7. The van der Waals surface area contributed by atoms with E-state index in [9.17, 15) is 30.7 Å². The summed E-state index contributed by atoms with van der Waals surface area (Å²) < 4.78 is 101. The molecule has 1 heterocycles. The van der Waals surface area contributed by atoms with Crippen LogP contribution in [0.4, 0.5) is 30.7 Å². The Balaban J connectivity index is 1.73. The smallest absolute Gasteiger partial charge is 0.460 e. The van der Waals surface area contributed by atoms with E-state index in [2.05, 4.69) is 9.84 Å². The number of halogens is 7. The van der Waals surface area contributed by atoms with Crippen LogP contribution in [0.5, 0.6) is 11.5 Å². The van der Waals surface area contributed by atoms with E-state index in [1.807, 2.05) is 37.3 Å². The van der Waals surface area contributed by atoms with Gasteiger partial charge in [0.05, 0.1) is 18.1 Å². The fraction of sp³-hybridized carbons (Fsp3) is 0.318. The summed E-state index contributed by atoms with van der Waals surface area (Å²) in [4.78, 5) is 0.719. The van der Waals surface area contributed by atoms with Crippen molar-refractivity contribution in [2.24, 2.45) is 0 Å². The minimum atomic E-state index is -6.42. The maximum absolute atomic E-state index is 13.5. The SMILES string of the molecule is CCSc1cc(OCc2ccccc2)ccc1-n1cc(OCC(F)(F)C(F)(F)C(F)(F)F)cn1. The molecule has 0 radical (unpaired) electrons. The number of nitrogens with zero attached hydrogens (tertiary/aromatic N) is 2. The summed E-state index contributed by atoms with van der Waals surface area (Å²) in [7, 11) is 0. The Morgan fingerprint density at radius 2 is 1.62 bits per heavy atom. The molecule has 0 aliphatic rings. The number of rotatable bonds is 10. The van der Waals surface area contributed by atoms with Gasteiger partial charge in [0.25, 0.3) is 0 Å². The van der Waals surface area contributed by atoms with Crippen molar-refractivity contribution < 1.29 is 40.2 Å². The normalized spacial score (nSPS) is 12.6. The molecular weight excluding hydrogens is 489 g/mol. The molecule has 2 aromatic carbocycles. The molecular formula is C22H19F7N2O2S. The zero-order valence-electron chi connectivity index (χ0n) is 17.7. The van der Waals surface area contributed by atoms with Gasteiger partial charge in [0.15, 0.2) is 12.4 Å². The molecule has 0 atom stereocenters. The summed E-state index contributed by atoms with van der Waals surface area (Å²) in [5.74, 6) is -10.8. The molecule has 3 aromatic rings. The van der Waals surface area contributed by atoms with Crippen LogP contribution in [0.25, 0.3) is 5.69 Å². The monoisotopic (exact) mass is 508 g/mol. The lowest BCUT2D eigenvalue weighted by molar-refractivity contribution is -0.358. The molecule has 3 rings (SSSR count). The average molecular weight is 508 g/mol. The number of benzene rings is 2. The summed E-state index contributed by atoms with van der Waals surface area (Å²) in [6, 6.07) is 14.6. The maximum Gasteiger partial charge on any atom is 0.460 e. The molecule has 0 spiro atoms. The Morgan fingerprint density at radius 1 is 0.912 bits per heavy atom. The van der Waals surface area contributed by atoms with Crippen LogP contribution in [0.15, 0.2) is 65.8 Å². The lowest BCUT2D eigenvalue weighted by Gasteiger charge is -2.27. The van der Waals surface area contributed by atoms with Gasteiger partial charge >= 0.3 is 18.0 Å². The van der Waals surface area contributed by atoms with Gasteiger partial charge in [-0.3, -0.25) is 0 Å². The van der Waals surface area contributed by atoms with Crippen molar-refractivity contribution in [1.82, 2.24) is 9.78 Å². The summed E-state index contributed by atoms with van der Waals surface area (Å²) in [6.45, 7) is 0.0769. The predicted molar refractivity (Wildman–Crippen MR) is 112 cm³/mol. The Bertz CT molecular complexity index is 1090. The van der Waals surface area contributed by atoms with Gasteiger partial charge in [-0.1, -0.05) is 37.3 Å². The molecule has 184 valence electrons. The van der Waals surface area contributed by atoms with Crippen LogP contribution in [0, 0.1) is 0 Å². The summed E-state index contributed by atoms with van der Waals surface area (Å²) in [5, 5.41) is 3.95. The highest BCUT2D eigenvalue weighted by molar-refractivity contribution is 7.99. The summed E-state index contributed by atoms with van der Waals surface area (Å²) in [5.41, 5.74) is 1.49. The van der Waals surface area contributed by atoms with Crippen LogP contribution in [-0.2, 0) is 6.61 Å². The molecule has 0 aliphatic heterocycles. The minimum Gasteiger partial charge on any atom is -0.489 e. The minimum absolute atomic E-state index is 0.340. The summed E-state index contributed by atoms with van der Waals surface area (Å²) in [6.07, 6.45) is -4.36. The number of thioether (sulfide) groups is 1. The quantitative estimate of drug-likeness (QED) is 0.224. The van der Waals surface area contributed by atoms with Crippen molar-refractivity contribution in [2.75, 3.05) is 12.4 Å². The molecule has 34 heavy (non-hydrogen) atoms. The second kappa shape index (κ2) is 10.2. The van der Waals surface area contributed by atoms with Crippen LogP contribution in [0.1, 0.15) is 12.5 Å². The first-order valence-corrected chi connectivity index (χ1v) is 10.9. The first-order valence-electron chi connectivity index (χ1n) is 9.88. The third-order valence-corrected chi connectivity index (χ3v) is 5.45. The maximum atomic E-state index is 13.5. The van der Waals surface area contributed by atoms with E-state index in [-0.39, 0.29) is 0 Å². The van der Waals surface area contributed by atoms with Gasteiger partial charge in [-0.2, -0.15) is 35.8 Å². The van der Waals surface area contributed by atoms with E-state index in [1.165, 1.54) is 16.4 Å². The molecule has 12 heteroatoms. The molecule has 0 amide bonds. The van der Waals surface area contributed by atoms with Gasteiger partial charge < -0.3 is 9.47 Å². The zero-order valence-corrected chi connectivity index (χ0v) is 18.5. The van der Waals surface area contributed by atoms with E-state index in [0.717, 1.165) is 22.9 Å². The number of hydrogen-bond acceptors (Lipinski definition) is 4. The predicted octanol–water partition coefficient (Wildman–Crippen LogP) is 6.78. The largest absolute Gasteiger partial charge is 0.489 e. The van der Waals surface area contributed by atoms with Gasteiger partial charge in [-0.05, 0) is 29.5 Å². The second-order valence-corrected chi connectivity index (χ2v) is 8.33. The van der Waals surface area contributed by atoms with Crippen molar-refractivity contribution in [2.45, 2.75) is 36.4 Å². The highest BCUT2D eigenvalue weighted by Crippen LogP contribution is 2.46. The zero-order chi connectivity index (χ0) is 25.0. The molecule has 0 bridgehead atoms. The van der Waals surface area contributed by atoms with Crippen LogP contribution in [0.3, 0.4) is 0 Å². The van der Waals surface area contributed by atoms with Gasteiger partial charge in [0.1, 0.15) is 12.4 Å². The lowest BCUT2D eigenvalue weighted by Crippen LogP contribution is -2.54. The van der Waals surface area contributed by atoms with Crippen LogP contribution >= 0.6 is 11.8 Å². The molecule has 1 aromatic heterocycles. The number of aromatic nitrogens is 2. The Kier molecular flexibility index (Phi) is 7.69. The van der Waals surface area contributed by atoms with Crippen LogP contribution < -0.4 is 9.47 Å². The van der Waals surface area contributed by atoms with E-state index in [1.54, 1.807) is 18.2 Å². The Hall–Kier alpha value is -2.89. The fourth-order valence-electron chi connectivity index (χ4n) is 2.77. The Labute approximate surface area is 194 Å². The van der Waals surface area contributed by atoms with Crippen molar-refractivity contribution in [3.8, 4) is 17.2 Å². The first kappa shape index (κ1) is 25.7. The van der Waals surface area contributed by atoms with Gasteiger partial charge in [-0.15, -0.1) is 11.8 Å². The van der Waals surface area contributed by atoms with E-state index < -0.39 is 30.4 Å². The highest BCUT2D eigenvalue weighted by atomic mass is 32.2. The molecule has 0 fully saturated rings. The van der Waals surface area contributed by atoms with Crippen molar-refractivity contribution in [3.05, 3.63) is 66.5 Å². The molecule has 0 saturated heterocycles. The molecule has 0 aliphatic carbocycles. The highest BCUT2D eigenvalue weighted by Gasteiger charge is 2.73. The summed E-state index contributed by atoms with van der Waals surface area (Å²) >= 11 is 1.44. The standard InChI is InChI=1S/C22H19F7N2O2S/c1-2-34-19-10-16(32-13-15-6-4-3-5-7-15)8-9-18(19)31-12-17(11-30-31)33-14-20(23,24)21(25,26)22(27,28)29/h3-12H,2,13-14H2,1H3. The third-order valence-electron chi connectivity index (χ3n) is 4.52. The third kappa shape index (κ3) is 5.78. The van der Waals surface area contributed by atoms with Crippen molar-refractivity contribution >= 4 is 11.8 Å². The average Bonchev–Trinajstić information content (AvgIpc) is 3.25. The van der Waals surface area contributed by atoms with Crippen LogP contribution in [-0.4, -0.2) is 40.2 Å². The van der Waals surface area contributed by atoms with E-state index in [4.69, 9.17) is 4.74 Å². The van der Waals surface area contributed by atoms with Gasteiger partial charge in [0.2, 0.25) is 0 Å². The fourth-order valence-corrected chi connectivity index (χ4v) is 3.59. The van der Waals surface area contributed by atoms with Gasteiger partial charge in [0, 0.05) is 4.90 Å². The number of hydrogen-bond donors (Lipinski definition) is 0. The molecule has 0 saturated carbocycles. The molecule has 4 nitrogen and oxygen atoms in total. The van der Waals surface area contributed by atoms with E-state index in [0.29, 0.717) is 23.8 Å². The van der Waals surface area contributed by atoms with Crippen molar-refractivity contribution in [3.63, 3.8) is 0 Å². The number of ether oxygens (including phenoxy) is 2. The first-order chi connectivity index (χ1) is 15.9.